The maximum absolute atomic E-state index is 12.3. The number of carboxylic acid groups (broad SMARTS) is 1. The average molecular weight is 243 g/mol. The molecule has 0 bridgehead atoms. The minimum atomic E-state index is -4.46. The molecule has 1 aromatic rings. The molecule has 0 unspecified atom stereocenters. The normalized spacial score (nSPS) is 10.5. The number of rotatable bonds is 1. The highest BCUT2D eigenvalue weighted by molar-refractivity contribution is 5.70. The number of aliphatic carboxylic acids is 1. The van der Waals surface area contributed by atoms with Crippen LogP contribution in [0.4, 0.5) is 18.9 Å². The predicted octanol–water partition coefficient (Wildman–Crippen LogP) is 2.11. The van der Waals surface area contributed by atoms with Crippen molar-refractivity contribution in [3.8, 4) is 11.8 Å². The van der Waals surface area contributed by atoms with Gasteiger partial charge >= 0.3 is 12.1 Å². The summed E-state index contributed by atoms with van der Waals surface area (Å²) < 4.78 is 36.9. The Hall–Kier alpha value is -2.16. The molecule has 3 N–H and O–H groups in total. The number of halogens is 3. The fraction of sp³-hybridized carbons (Fsp3) is 0.182. The number of benzene rings is 1. The van der Waals surface area contributed by atoms with E-state index in [4.69, 9.17) is 10.8 Å². The zero-order valence-corrected chi connectivity index (χ0v) is 8.51. The molecular weight excluding hydrogens is 235 g/mol. The van der Waals surface area contributed by atoms with Crippen LogP contribution in [0.1, 0.15) is 17.5 Å². The number of hydrogen-bond donors (Lipinski definition) is 2. The van der Waals surface area contributed by atoms with E-state index >= 15 is 0 Å². The molecule has 1 aromatic carbocycles. The van der Waals surface area contributed by atoms with Crippen molar-refractivity contribution in [1.29, 1.82) is 0 Å². The number of hydrogen-bond acceptors (Lipinski definition) is 2. The van der Waals surface area contributed by atoms with Crippen LogP contribution >= 0.6 is 0 Å². The Morgan fingerprint density at radius 1 is 1.41 bits per heavy atom. The molecule has 0 aliphatic heterocycles. The minimum Gasteiger partial charge on any atom is -0.481 e. The molecule has 0 aromatic heterocycles. The largest absolute Gasteiger partial charge is 0.481 e. The molecule has 3 nitrogen and oxygen atoms in total. The third kappa shape index (κ3) is 3.72. The van der Waals surface area contributed by atoms with E-state index in [1.54, 1.807) is 0 Å². The zero-order valence-electron chi connectivity index (χ0n) is 8.51. The first-order valence-corrected chi connectivity index (χ1v) is 4.48. The SMILES string of the molecule is Nc1cc(C(F)(F)F)ccc1C#CCC(=O)O. The maximum atomic E-state index is 12.3. The average Bonchev–Trinajstić information content (AvgIpc) is 2.18. The molecule has 0 heterocycles. The van der Waals surface area contributed by atoms with Gasteiger partial charge in [0.1, 0.15) is 6.42 Å². The Morgan fingerprint density at radius 3 is 2.53 bits per heavy atom. The summed E-state index contributed by atoms with van der Waals surface area (Å²) in [5.74, 6) is 3.58. The summed E-state index contributed by atoms with van der Waals surface area (Å²) in [6, 6.07) is 2.74. The number of nitrogen functional groups attached to an aromatic ring is 1. The summed E-state index contributed by atoms with van der Waals surface area (Å²) in [5.41, 5.74) is 4.58. The Morgan fingerprint density at radius 2 is 2.06 bits per heavy atom. The Balaban J connectivity index is 2.97. The van der Waals surface area contributed by atoms with Crippen LogP contribution in [0.15, 0.2) is 18.2 Å². The lowest BCUT2D eigenvalue weighted by molar-refractivity contribution is -0.137. The van der Waals surface area contributed by atoms with Gasteiger partial charge in [0.15, 0.2) is 0 Å². The van der Waals surface area contributed by atoms with Gasteiger partial charge in [-0.3, -0.25) is 4.79 Å². The minimum absolute atomic E-state index is 0.127. The molecule has 0 atom stereocenters. The lowest BCUT2D eigenvalue weighted by Gasteiger charge is -2.07. The highest BCUT2D eigenvalue weighted by atomic mass is 19.4. The second-order valence-electron chi connectivity index (χ2n) is 3.17. The smallest absolute Gasteiger partial charge is 0.416 e. The fourth-order valence-corrected chi connectivity index (χ4v) is 1.07. The monoisotopic (exact) mass is 243 g/mol. The molecule has 0 fully saturated rings. The number of carbonyl (C=O) groups is 1. The van der Waals surface area contributed by atoms with E-state index in [2.05, 4.69) is 11.8 Å². The summed E-state index contributed by atoms with van der Waals surface area (Å²) in [6.07, 6.45) is -4.85. The van der Waals surface area contributed by atoms with Crippen molar-refractivity contribution in [3.63, 3.8) is 0 Å². The Kier molecular flexibility index (Phi) is 3.63. The number of carboxylic acids is 1. The second kappa shape index (κ2) is 4.78. The molecule has 0 aliphatic rings. The first-order chi connectivity index (χ1) is 7.80. The molecule has 17 heavy (non-hydrogen) atoms. The summed E-state index contributed by atoms with van der Waals surface area (Å²) in [6.45, 7) is 0. The van der Waals surface area contributed by atoms with Gasteiger partial charge in [-0.05, 0) is 18.2 Å². The molecule has 0 saturated heterocycles. The van der Waals surface area contributed by atoms with Gasteiger partial charge in [0.25, 0.3) is 0 Å². The molecule has 0 spiro atoms. The fourth-order valence-electron chi connectivity index (χ4n) is 1.07. The highest BCUT2D eigenvalue weighted by Crippen LogP contribution is 2.31. The molecule has 1 rings (SSSR count). The lowest BCUT2D eigenvalue weighted by Crippen LogP contribution is -2.06. The van der Waals surface area contributed by atoms with E-state index in [0.717, 1.165) is 18.2 Å². The van der Waals surface area contributed by atoms with Crippen molar-refractivity contribution in [3.05, 3.63) is 29.3 Å². The van der Waals surface area contributed by atoms with Gasteiger partial charge in [0.2, 0.25) is 0 Å². The van der Waals surface area contributed by atoms with E-state index < -0.39 is 17.7 Å². The van der Waals surface area contributed by atoms with Crippen molar-refractivity contribution >= 4 is 11.7 Å². The van der Waals surface area contributed by atoms with Crippen molar-refractivity contribution < 1.29 is 23.1 Å². The molecule has 0 aliphatic carbocycles. The molecule has 0 amide bonds. The summed E-state index contributed by atoms with van der Waals surface area (Å²) in [7, 11) is 0. The summed E-state index contributed by atoms with van der Waals surface area (Å²) in [5, 5.41) is 8.33. The zero-order chi connectivity index (χ0) is 13.1. The van der Waals surface area contributed by atoms with Crippen LogP contribution in [0.2, 0.25) is 0 Å². The van der Waals surface area contributed by atoms with Gasteiger partial charge in [-0.2, -0.15) is 13.2 Å². The molecule has 6 heteroatoms. The number of nitrogens with two attached hydrogens (primary N) is 1. The van der Waals surface area contributed by atoms with Gasteiger partial charge in [0, 0.05) is 11.3 Å². The van der Waals surface area contributed by atoms with Crippen LogP contribution in [0.25, 0.3) is 0 Å². The van der Waals surface area contributed by atoms with Crippen molar-refractivity contribution in [2.45, 2.75) is 12.6 Å². The topological polar surface area (TPSA) is 63.3 Å². The van der Waals surface area contributed by atoms with Crippen LogP contribution in [0, 0.1) is 11.8 Å². The first kappa shape index (κ1) is 12.9. The van der Waals surface area contributed by atoms with Crippen molar-refractivity contribution in [1.82, 2.24) is 0 Å². The van der Waals surface area contributed by atoms with Crippen LogP contribution < -0.4 is 5.73 Å². The Bertz CT molecular complexity index is 498. The summed E-state index contributed by atoms with van der Waals surface area (Å²) >= 11 is 0. The van der Waals surface area contributed by atoms with Gasteiger partial charge in [-0.25, -0.2) is 0 Å². The van der Waals surface area contributed by atoms with E-state index in [1.807, 2.05) is 0 Å². The third-order valence-electron chi connectivity index (χ3n) is 1.84. The standard InChI is InChI=1S/C11H8F3NO2/c12-11(13,14)8-5-4-7(9(15)6-8)2-1-3-10(16)17/h4-6H,3,15H2,(H,16,17). The van der Waals surface area contributed by atoms with E-state index in [0.29, 0.717) is 0 Å². The molecular formula is C11H8F3NO2. The van der Waals surface area contributed by atoms with Gasteiger partial charge < -0.3 is 10.8 Å². The van der Waals surface area contributed by atoms with Gasteiger partial charge in [-0.1, -0.05) is 11.8 Å². The molecule has 0 radical (unpaired) electrons. The predicted molar refractivity (Wildman–Crippen MR) is 55.0 cm³/mol. The quantitative estimate of drug-likeness (QED) is 0.586. The number of anilines is 1. The highest BCUT2D eigenvalue weighted by Gasteiger charge is 2.30. The Labute approximate surface area is 95.0 Å². The van der Waals surface area contributed by atoms with Gasteiger partial charge in [0.05, 0.1) is 5.56 Å². The van der Waals surface area contributed by atoms with Crippen LogP contribution in [0.5, 0.6) is 0 Å². The van der Waals surface area contributed by atoms with Crippen LogP contribution in [-0.2, 0) is 11.0 Å². The van der Waals surface area contributed by atoms with Crippen LogP contribution in [-0.4, -0.2) is 11.1 Å². The van der Waals surface area contributed by atoms with Crippen molar-refractivity contribution in [2.24, 2.45) is 0 Å². The molecule has 0 saturated carbocycles. The van der Waals surface area contributed by atoms with E-state index in [1.165, 1.54) is 0 Å². The summed E-state index contributed by atoms with van der Waals surface area (Å²) in [4.78, 5) is 10.2. The molecule has 90 valence electrons. The van der Waals surface area contributed by atoms with E-state index in [-0.39, 0.29) is 17.7 Å². The number of alkyl halides is 3. The van der Waals surface area contributed by atoms with Crippen LogP contribution in [0.3, 0.4) is 0 Å². The van der Waals surface area contributed by atoms with Gasteiger partial charge in [-0.15, -0.1) is 0 Å². The van der Waals surface area contributed by atoms with E-state index in [9.17, 15) is 18.0 Å². The lowest BCUT2D eigenvalue weighted by atomic mass is 10.1. The second-order valence-corrected chi connectivity index (χ2v) is 3.17. The third-order valence-corrected chi connectivity index (χ3v) is 1.84. The maximum Gasteiger partial charge on any atom is 0.416 e. The first-order valence-electron chi connectivity index (χ1n) is 4.48. The van der Waals surface area contributed by atoms with Crippen molar-refractivity contribution in [2.75, 3.05) is 5.73 Å².